The molecule has 4 heteroatoms. The zero-order valence-corrected chi connectivity index (χ0v) is 11.5. The van der Waals surface area contributed by atoms with Gasteiger partial charge in [-0.05, 0) is 25.5 Å². The molecule has 2 rings (SSSR count). The van der Waals surface area contributed by atoms with Crippen LogP contribution in [0.15, 0.2) is 30.3 Å². The standard InChI is InChI=1S/C15H20N2O2/c1-3-9-15(2)14(19)17(11-10-16-15)13(18)12-7-5-4-6-8-12/h4-8,16H,3,9-11H2,1-2H3/t15-/m0/s1. The first-order chi connectivity index (χ1) is 9.08. The molecule has 2 amide bonds. The van der Waals surface area contributed by atoms with Crippen molar-refractivity contribution in [1.29, 1.82) is 0 Å². The van der Waals surface area contributed by atoms with E-state index in [1.807, 2.05) is 32.0 Å². The van der Waals surface area contributed by atoms with Gasteiger partial charge in [0, 0.05) is 18.7 Å². The van der Waals surface area contributed by atoms with E-state index < -0.39 is 5.54 Å². The summed E-state index contributed by atoms with van der Waals surface area (Å²) in [7, 11) is 0. The Bertz CT molecular complexity index is 468. The Kier molecular flexibility index (Phi) is 4.00. The third-order valence-electron chi connectivity index (χ3n) is 3.58. The van der Waals surface area contributed by atoms with E-state index in [1.165, 1.54) is 4.90 Å². The van der Waals surface area contributed by atoms with Crippen LogP contribution >= 0.6 is 0 Å². The normalized spacial score (nSPS) is 23.5. The molecule has 0 aliphatic carbocycles. The van der Waals surface area contributed by atoms with Gasteiger partial charge >= 0.3 is 0 Å². The average molecular weight is 260 g/mol. The maximum absolute atomic E-state index is 12.5. The van der Waals surface area contributed by atoms with Gasteiger partial charge in [0.2, 0.25) is 5.91 Å². The van der Waals surface area contributed by atoms with Crippen LogP contribution in [0.4, 0.5) is 0 Å². The van der Waals surface area contributed by atoms with Gasteiger partial charge < -0.3 is 5.32 Å². The SMILES string of the molecule is CCC[C@]1(C)NCCN(C(=O)c2ccccc2)C1=O. The molecule has 4 nitrogen and oxygen atoms in total. The van der Waals surface area contributed by atoms with E-state index in [9.17, 15) is 9.59 Å². The van der Waals surface area contributed by atoms with Crippen LogP contribution < -0.4 is 5.32 Å². The monoisotopic (exact) mass is 260 g/mol. The van der Waals surface area contributed by atoms with E-state index in [0.717, 1.165) is 12.8 Å². The first-order valence-corrected chi connectivity index (χ1v) is 6.75. The Labute approximate surface area is 113 Å². The van der Waals surface area contributed by atoms with Crippen LogP contribution in [-0.4, -0.2) is 35.3 Å². The third-order valence-corrected chi connectivity index (χ3v) is 3.58. The fourth-order valence-electron chi connectivity index (χ4n) is 2.54. The number of imide groups is 1. The largest absolute Gasteiger partial charge is 0.302 e. The van der Waals surface area contributed by atoms with Crippen LogP contribution in [0.2, 0.25) is 0 Å². The van der Waals surface area contributed by atoms with Gasteiger partial charge in [0.05, 0.1) is 5.54 Å². The molecular formula is C15H20N2O2. The molecule has 0 aromatic heterocycles. The highest BCUT2D eigenvalue weighted by Gasteiger charge is 2.41. The van der Waals surface area contributed by atoms with Gasteiger partial charge in [-0.2, -0.15) is 0 Å². The van der Waals surface area contributed by atoms with Crippen LogP contribution in [0.3, 0.4) is 0 Å². The summed E-state index contributed by atoms with van der Waals surface area (Å²) in [5.74, 6) is -0.316. The highest BCUT2D eigenvalue weighted by Crippen LogP contribution is 2.20. The highest BCUT2D eigenvalue weighted by atomic mass is 16.2. The highest BCUT2D eigenvalue weighted by molar-refractivity contribution is 6.07. The second-order valence-corrected chi connectivity index (χ2v) is 5.14. The molecule has 1 aliphatic rings. The second-order valence-electron chi connectivity index (χ2n) is 5.14. The van der Waals surface area contributed by atoms with Gasteiger partial charge in [-0.3, -0.25) is 14.5 Å². The van der Waals surface area contributed by atoms with Crippen molar-refractivity contribution < 1.29 is 9.59 Å². The molecule has 1 N–H and O–H groups in total. The molecular weight excluding hydrogens is 240 g/mol. The lowest BCUT2D eigenvalue weighted by molar-refractivity contribution is -0.137. The van der Waals surface area contributed by atoms with Crippen LogP contribution in [-0.2, 0) is 4.79 Å². The summed E-state index contributed by atoms with van der Waals surface area (Å²) < 4.78 is 0. The van der Waals surface area contributed by atoms with Crippen molar-refractivity contribution in [2.24, 2.45) is 0 Å². The molecule has 102 valence electrons. The van der Waals surface area contributed by atoms with E-state index >= 15 is 0 Å². The molecule has 1 saturated heterocycles. The number of nitrogens with zero attached hydrogens (tertiary/aromatic N) is 1. The molecule has 1 aliphatic heterocycles. The number of piperazine rings is 1. The number of amides is 2. The van der Waals surface area contributed by atoms with E-state index in [4.69, 9.17) is 0 Å². The van der Waals surface area contributed by atoms with Crippen LogP contribution in [0.5, 0.6) is 0 Å². The minimum absolute atomic E-state index is 0.116. The Morgan fingerprint density at radius 2 is 2.05 bits per heavy atom. The van der Waals surface area contributed by atoms with Gasteiger partial charge in [-0.15, -0.1) is 0 Å². The van der Waals surface area contributed by atoms with Gasteiger partial charge in [-0.25, -0.2) is 0 Å². The van der Waals surface area contributed by atoms with Crippen molar-refractivity contribution in [2.75, 3.05) is 13.1 Å². The summed E-state index contributed by atoms with van der Waals surface area (Å²) in [6.07, 6.45) is 1.65. The molecule has 1 fully saturated rings. The predicted molar refractivity (Wildman–Crippen MR) is 73.8 cm³/mol. The first-order valence-electron chi connectivity index (χ1n) is 6.75. The number of benzene rings is 1. The Balaban J connectivity index is 2.21. The van der Waals surface area contributed by atoms with Crippen LogP contribution in [0.1, 0.15) is 37.0 Å². The average Bonchev–Trinajstić information content (AvgIpc) is 2.43. The summed E-state index contributed by atoms with van der Waals surface area (Å²) in [5.41, 5.74) is -0.0474. The van der Waals surface area contributed by atoms with Crippen molar-refractivity contribution in [3.05, 3.63) is 35.9 Å². The fourth-order valence-corrected chi connectivity index (χ4v) is 2.54. The molecule has 0 unspecified atom stereocenters. The number of hydrogen-bond acceptors (Lipinski definition) is 3. The second kappa shape index (κ2) is 5.53. The van der Waals surface area contributed by atoms with Gasteiger partial charge in [0.1, 0.15) is 0 Å². The van der Waals surface area contributed by atoms with E-state index in [2.05, 4.69) is 5.32 Å². The molecule has 0 spiro atoms. The Morgan fingerprint density at radius 1 is 1.37 bits per heavy atom. The van der Waals surface area contributed by atoms with Crippen molar-refractivity contribution in [3.63, 3.8) is 0 Å². The summed E-state index contributed by atoms with van der Waals surface area (Å²) in [6, 6.07) is 8.97. The summed E-state index contributed by atoms with van der Waals surface area (Å²) in [5, 5.41) is 3.24. The van der Waals surface area contributed by atoms with Crippen LogP contribution in [0.25, 0.3) is 0 Å². The van der Waals surface area contributed by atoms with E-state index in [-0.39, 0.29) is 11.8 Å². The summed E-state index contributed by atoms with van der Waals surface area (Å²) in [4.78, 5) is 26.3. The van der Waals surface area contributed by atoms with Crippen LogP contribution in [0, 0.1) is 0 Å². The van der Waals surface area contributed by atoms with Crippen molar-refractivity contribution in [3.8, 4) is 0 Å². The molecule has 1 aromatic carbocycles. The predicted octanol–water partition coefficient (Wildman–Crippen LogP) is 1.82. The maximum Gasteiger partial charge on any atom is 0.260 e. The minimum atomic E-state index is -0.614. The van der Waals surface area contributed by atoms with Gasteiger partial charge in [0.25, 0.3) is 5.91 Å². The Hall–Kier alpha value is -1.68. The molecule has 0 saturated carbocycles. The fraction of sp³-hybridized carbons (Fsp3) is 0.467. The van der Waals surface area contributed by atoms with Crippen molar-refractivity contribution >= 4 is 11.8 Å². The molecule has 0 bridgehead atoms. The topological polar surface area (TPSA) is 49.4 Å². The molecule has 1 atom stereocenters. The number of nitrogens with one attached hydrogen (secondary N) is 1. The maximum atomic E-state index is 12.5. The quantitative estimate of drug-likeness (QED) is 0.843. The summed E-state index contributed by atoms with van der Waals surface area (Å²) in [6.45, 7) is 5.01. The third kappa shape index (κ3) is 2.68. The van der Waals surface area contributed by atoms with Crippen molar-refractivity contribution in [1.82, 2.24) is 10.2 Å². The smallest absolute Gasteiger partial charge is 0.260 e. The molecule has 19 heavy (non-hydrogen) atoms. The lowest BCUT2D eigenvalue weighted by atomic mass is 9.92. The lowest BCUT2D eigenvalue weighted by Gasteiger charge is -2.39. The first kappa shape index (κ1) is 13.7. The van der Waals surface area contributed by atoms with Crippen molar-refractivity contribution in [2.45, 2.75) is 32.2 Å². The summed E-state index contributed by atoms with van der Waals surface area (Å²) >= 11 is 0. The molecule has 1 aromatic rings. The lowest BCUT2D eigenvalue weighted by Crippen LogP contribution is -2.63. The zero-order chi connectivity index (χ0) is 13.9. The molecule has 1 heterocycles. The Morgan fingerprint density at radius 3 is 2.68 bits per heavy atom. The van der Waals surface area contributed by atoms with Gasteiger partial charge in [0.15, 0.2) is 0 Å². The number of hydrogen-bond donors (Lipinski definition) is 1. The number of carbonyl (C=O) groups is 2. The number of carbonyl (C=O) groups excluding carboxylic acids is 2. The van der Waals surface area contributed by atoms with Gasteiger partial charge in [-0.1, -0.05) is 31.5 Å². The van der Waals surface area contributed by atoms with E-state index in [0.29, 0.717) is 18.7 Å². The number of rotatable bonds is 3. The zero-order valence-electron chi connectivity index (χ0n) is 11.5. The minimum Gasteiger partial charge on any atom is -0.302 e. The molecule has 0 radical (unpaired) electrons. The van der Waals surface area contributed by atoms with E-state index in [1.54, 1.807) is 12.1 Å².